The molecule has 0 amide bonds. The topological polar surface area (TPSA) is 106 Å². The zero-order chi connectivity index (χ0) is 24.5. The quantitative estimate of drug-likeness (QED) is 0.330. The molecule has 0 saturated heterocycles. The number of hydrogen-bond acceptors (Lipinski definition) is 8. The number of fused-ring (bicyclic) bond motifs is 3. The third kappa shape index (κ3) is 3.95. The van der Waals surface area contributed by atoms with Gasteiger partial charge in [0.05, 0.1) is 44.2 Å². The second kappa shape index (κ2) is 9.11. The van der Waals surface area contributed by atoms with E-state index in [0.29, 0.717) is 39.6 Å². The Morgan fingerprint density at radius 1 is 1.00 bits per heavy atom. The molecule has 0 aliphatic heterocycles. The molecule has 3 aromatic heterocycles. The third-order valence-electron chi connectivity index (χ3n) is 5.54. The molecule has 0 unspecified atom stereocenters. The number of carbonyl (C=O) groups excluding carboxylic acids is 1. The maximum absolute atomic E-state index is 13.6. The molecule has 3 heterocycles. The van der Waals surface area contributed by atoms with Crippen LogP contribution in [0, 0.1) is 5.82 Å². The summed E-state index contributed by atoms with van der Waals surface area (Å²) < 4.78 is 32.4. The van der Waals surface area contributed by atoms with Gasteiger partial charge in [0, 0.05) is 7.11 Å². The van der Waals surface area contributed by atoms with Crippen molar-refractivity contribution in [2.75, 3.05) is 21.3 Å². The van der Waals surface area contributed by atoms with E-state index in [2.05, 4.69) is 15.3 Å². The normalized spacial score (nSPS) is 11.3. The molecule has 10 nitrogen and oxygen atoms in total. The summed E-state index contributed by atoms with van der Waals surface area (Å²) in [5.74, 6) is -0.183. The highest BCUT2D eigenvalue weighted by atomic mass is 19.1. The van der Waals surface area contributed by atoms with Gasteiger partial charge in [0.1, 0.15) is 17.3 Å². The van der Waals surface area contributed by atoms with Crippen molar-refractivity contribution in [3.05, 3.63) is 65.7 Å². The predicted octanol–water partition coefficient (Wildman–Crippen LogP) is 3.14. The Kier molecular flexibility index (Phi) is 5.83. The standard InChI is InChI=1S/C24H21FN6O4/c1-33-13-19-21(14-5-4-6-17(11-14)34-2)23-27-26-22-18(12-20(32)35-3)28-30(24(22)31(23)29-19)16-9-7-15(25)8-10-16/h4-11H,12-13H2,1-3H3. The van der Waals surface area contributed by atoms with Crippen LogP contribution in [0.25, 0.3) is 33.6 Å². The Morgan fingerprint density at radius 3 is 2.51 bits per heavy atom. The average Bonchev–Trinajstić information content (AvgIpc) is 3.43. The monoisotopic (exact) mass is 476 g/mol. The molecule has 5 aromatic rings. The van der Waals surface area contributed by atoms with Crippen molar-refractivity contribution in [2.24, 2.45) is 0 Å². The summed E-state index contributed by atoms with van der Waals surface area (Å²) in [6, 6.07) is 13.3. The Hall–Kier alpha value is -4.38. The second-order valence-electron chi connectivity index (χ2n) is 7.68. The van der Waals surface area contributed by atoms with Crippen molar-refractivity contribution < 1.29 is 23.4 Å². The molecule has 0 aliphatic carbocycles. The first-order valence-electron chi connectivity index (χ1n) is 10.7. The van der Waals surface area contributed by atoms with Crippen LogP contribution in [0.15, 0.2) is 48.5 Å². The zero-order valence-electron chi connectivity index (χ0n) is 19.2. The predicted molar refractivity (Wildman–Crippen MR) is 124 cm³/mol. The van der Waals surface area contributed by atoms with E-state index in [4.69, 9.17) is 19.3 Å². The number of benzene rings is 2. The Balaban J connectivity index is 1.83. The molecule has 178 valence electrons. The number of hydrogen-bond donors (Lipinski definition) is 0. The first kappa shape index (κ1) is 22.4. The van der Waals surface area contributed by atoms with Gasteiger partial charge < -0.3 is 14.2 Å². The van der Waals surface area contributed by atoms with Crippen LogP contribution in [0.5, 0.6) is 5.75 Å². The third-order valence-corrected chi connectivity index (χ3v) is 5.54. The van der Waals surface area contributed by atoms with Gasteiger partial charge in [0.2, 0.25) is 0 Å². The van der Waals surface area contributed by atoms with Crippen LogP contribution in [0.1, 0.15) is 11.4 Å². The summed E-state index contributed by atoms with van der Waals surface area (Å²) in [5.41, 5.74) is 4.40. The summed E-state index contributed by atoms with van der Waals surface area (Å²) in [5, 5.41) is 18.2. The molecule has 0 N–H and O–H groups in total. The zero-order valence-corrected chi connectivity index (χ0v) is 19.2. The van der Waals surface area contributed by atoms with Crippen LogP contribution < -0.4 is 4.74 Å². The Morgan fingerprint density at radius 2 is 1.80 bits per heavy atom. The van der Waals surface area contributed by atoms with Crippen molar-refractivity contribution in [3.8, 4) is 22.6 Å². The van der Waals surface area contributed by atoms with Gasteiger partial charge in [-0.3, -0.25) is 4.79 Å². The first-order chi connectivity index (χ1) is 17.0. The molecule has 0 fully saturated rings. The van der Waals surface area contributed by atoms with Crippen molar-refractivity contribution in [2.45, 2.75) is 13.0 Å². The van der Waals surface area contributed by atoms with Gasteiger partial charge in [-0.1, -0.05) is 12.1 Å². The van der Waals surface area contributed by atoms with E-state index in [9.17, 15) is 9.18 Å². The molecule has 11 heteroatoms. The number of halogens is 1. The molecule has 0 radical (unpaired) electrons. The highest BCUT2D eigenvalue weighted by molar-refractivity contribution is 5.87. The van der Waals surface area contributed by atoms with Crippen molar-refractivity contribution in [3.63, 3.8) is 0 Å². The van der Waals surface area contributed by atoms with Gasteiger partial charge in [-0.2, -0.15) is 14.7 Å². The van der Waals surface area contributed by atoms with Crippen LogP contribution in [0.3, 0.4) is 0 Å². The molecule has 0 saturated carbocycles. The van der Waals surface area contributed by atoms with Gasteiger partial charge in [-0.15, -0.1) is 10.2 Å². The van der Waals surface area contributed by atoms with Crippen LogP contribution in [0.4, 0.5) is 4.39 Å². The fourth-order valence-corrected chi connectivity index (χ4v) is 3.93. The molecule has 5 rings (SSSR count). The van der Waals surface area contributed by atoms with E-state index < -0.39 is 5.97 Å². The van der Waals surface area contributed by atoms with Crippen LogP contribution in [-0.4, -0.2) is 56.9 Å². The van der Waals surface area contributed by atoms with E-state index in [1.165, 1.54) is 19.2 Å². The highest BCUT2D eigenvalue weighted by Gasteiger charge is 2.24. The molecular weight excluding hydrogens is 455 g/mol. The van der Waals surface area contributed by atoms with E-state index in [0.717, 1.165) is 11.1 Å². The molecule has 0 bridgehead atoms. The number of esters is 1. The van der Waals surface area contributed by atoms with Gasteiger partial charge in [-0.25, -0.2) is 9.07 Å². The Bertz CT molecular complexity index is 1540. The molecule has 0 aliphatic rings. The number of carbonyl (C=O) groups is 1. The minimum atomic E-state index is -0.477. The fourth-order valence-electron chi connectivity index (χ4n) is 3.93. The van der Waals surface area contributed by atoms with Gasteiger partial charge in [-0.05, 0) is 42.0 Å². The summed E-state index contributed by atoms with van der Waals surface area (Å²) in [6.07, 6.45) is -0.115. The minimum absolute atomic E-state index is 0.115. The molecular formula is C24H21FN6O4. The van der Waals surface area contributed by atoms with Crippen molar-refractivity contribution in [1.29, 1.82) is 0 Å². The molecule has 2 aromatic carbocycles. The molecule has 35 heavy (non-hydrogen) atoms. The smallest absolute Gasteiger partial charge is 0.311 e. The summed E-state index contributed by atoms with van der Waals surface area (Å²) in [7, 11) is 4.48. The number of ether oxygens (including phenoxy) is 3. The molecule has 0 spiro atoms. The lowest BCUT2D eigenvalue weighted by Crippen LogP contribution is -2.06. The van der Waals surface area contributed by atoms with Gasteiger partial charge in [0.15, 0.2) is 16.8 Å². The number of rotatable bonds is 7. The summed E-state index contributed by atoms with van der Waals surface area (Å²) >= 11 is 0. The Labute approximate surface area is 198 Å². The lowest BCUT2D eigenvalue weighted by atomic mass is 10.1. The first-order valence-corrected chi connectivity index (χ1v) is 10.7. The number of nitrogens with zero attached hydrogens (tertiary/aromatic N) is 6. The second-order valence-corrected chi connectivity index (χ2v) is 7.68. The number of aromatic nitrogens is 6. The fraction of sp³-hybridized carbons (Fsp3) is 0.208. The lowest BCUT2D eigenvalue weighted by Gasteiger charge is -2.06. The van der Waals surface area contributed by atoms with E-state index in [1.807, 2.05) is 24.3 Å². The van der Waals surface area contributed by atoms with Crippen LogP contribution in [-0.2, 0) is 27.3 Å². The van der Waals surface area contributed by atoms with Gasteiger partial charge >= 0.3 is 5.97 Å². The average molecular weight is 476 g/mol. The van der Waals surface area contributed by atoms with Crippen molar-refractivity contribution in [1.82, 2.24) is 29.6 Å². The molecule has 0 atom stereocenters. The van der Waals surface area contributed by atoms with E-state index in [-0.39, 0.29) is 18.8 Å². The summed E-state index contributed by atoms with van der Waals surface area (Å²) in [6.45, 7) is 0.219. The minimum Gasteiger partial charge on any atom is -0.497 e. The summed E-state index contributed by atoms with van der Waals surface area (Å²) in [4.78, 5) is 12.0. The highest BCUT2D eigenvalue weighted by Crippen LogP contribution is 2.32. The van der Waals surface area contributed by atoms with Gasteiger partial charge in [0.25, 0.3) is 0 Å². The lowest BCUT2D eigenvalue weighted by molar-refractivity contribution is -0.139. The van der Waals surface area contributed by atoms with E-state index >= 15 is 0 Å². The van der Waals surface area contributed by atoms with Crippen molar-refractivity contribution >= 4 is 22.8 Å². The van der Waals surface area contributed by atoms with Crippen LogP contribution >= 0.6 is 0 Å². The number of methoxy groups -OCH3 is 3. The van der Waals surface area contributed by atoms with E-state index in [1.54, 1.807) is 35.5 Å². The van der Waals surface area contributed by atoms with Crippen LogP contribution in [0.2, 0.25) is 0 Å². The maximum atomic E-state index is 13.6. The maximum Gasteiger partial charge on any atom is 0.311 e. The largest absolute Gasteiger partial charge is 0.497 e. The SMILES string of the molecule is COCc1nn2c(nnc3c(CC(=O)OC)nn(-c4ccc(F)cc4)c32)c1-c1cccc(OC)c1.